The molecule has 90 valence electrons. The predicted octanol–water partition coefficient (Wildman–Crippen LogP) is 4.41. The molecule has 0 saturated heterocycles. The Kier molecular flexibility index (Phi) is 1.32. The van der Waals surface area contributed by atoms with Crippen molar-refractivity contribution in [3.8, 4) is 0 Å². The van der Waals surface area contributed by atoms with E-state index in [9.17, 15) is 0 Å². The molecule has 0 aliphatic heterocycles. The molecule has 2 aliphatic carbocycles. The summed E-state index contributed by atoms with van der Waals surface area (Å²) in [6.07, 6.45) is 2.25. The summed E-state index contributed by atoms with van der Waals surface area (Å²) in [6, 6.07) is 16.3. The molecule has 18 heavy (non-hydrogen) atoms. The standard InChI is InChI=1S/C18H18/c1-17(2)13-7-3-5-9-15(13)18(11-12-18)16-10-6-4-8-14(16)17/h3-10H,11-12H2,1-2H3/i1D3. The number of benzene rings is 2. The van der Waals surface area contributed by atoms with Crippen LogP contribution in [0.25, 0.3) is 0 Å². The molecular weight excluding hydrogens is 216 g/mol. The van der Waals surface area contributed by atoms with Crippen molar-refractivity contribution in [2.45, 2.75) is 37.4 Å². The van der Waals surface area contributed by atoms with Gasteiger partial charge in [-0.25, -0.2) is 0 Å². The van der Waals surface area contributed by atoms with E-state index in [0.29, 0.717) is 0 Å². The third kappa shape index (κ3) is 1.07. The second-order valence-electron chi connectivity index (χ2n) is 5.80. The molecule has 1 spiro atoms. The molecule has 2 aromatic carbocycles. The van der Waals surface area contributed by atoms with Gasteiger partial charge in [-0.3, -0.25) is 0 Å². The van der Waals surface area contributed by atoms with Crippen molar-refractivity contribution in [2.75, 3.05) is 0 Å². The van der Waals surface area contributed by atoms with E-state index in [2.05, 4.69) is 12.1 Å². The summed E-state index contributed by atoms with van der Waals surface area (Å²) in [7, 11) is 0. The van der Waals surface area contributed by atoms with Crippen LogP contribution < -0.4 is 0 Å². The van der Waals surface area contributed by atoms with Crippen LogP contribution >= 0.6 is 0 Å². The van der Waals surface area contributed by atoms with E-state index in [1.165, 1.54) is 11.1 Å². The molecule has 0 aromatic heterocycles. The third-order valence-electron chi connectivity index (χ3n) is 4.71. The van der Waals surface area contributed by atoms with Gasteiger partial charge in [-0.15, -0.1) is 0 Å². The summed E-state index contributed by atoms with van der Waals surface area (Å²) in [4.78, 5) is 0. The Morgan fingerprint density at radius 2 is 1.28 bits per heavy atom. The molecule has 4 rings (SSSR count). The highest BCUT2D eigenvalue weighted by Gasteiger charge is 2.53. The summed E-state index contributed by atoms with van der Waals surface area (Å²) in [5, 5.41) is 0. The molecule has 0 atom stereocenters. The summed E-state index contributed by atoms with van der Waals surface area (Å²) in [6.45, 7) is -0.178. The molecule has 1 fully saturated rings. The van der Waals surface area contributed by atoms with Crippen LogP contribution in [-0.2, 0) is 10.8 Å². The lowest BCUT2D eigenvalue weighted by Crippen LogP contribution is -2.32. The van der Waals surface area contributed by atoms with Gasteiger partial charge in [0, 0.05) is 14.9 Å². The molecule has 0 radical (unpaired) electrons. The predicted molar refractivity (Wildman–Crippen MR) is 75.0 cm³/mol. The van der Waals surface area contributed by atoms with Crippen LogP contribution in [0.5, 0.6) is 0 Å². The Labute approximate surface area is 113 Å². The summed E-state index contributed by atoms with van der Waals surface area (Å²) in [5.74, 6) is 0. The monoisotopic (exact) mass is 237 g/mol. The van der Waals surface area contributed by atoms with Crippen LogP contribution in [0.2, 0.25) is 0 Å². The van der Waals surface area contributed by atoms with E-state index in [1.807, 2.05) is 43.3 Å². The number of rotatable bonds is 0. The molecule has 2 aromatic rings. The van der Waals surface area contributed by atoms with E-state index < -0.39 is 12.3 Å². The number of fused-ring (bicyclic) bond motifs is 4. The second-order valence-corrected chi connectivity index (χ2v) is 5.80. The minimum atomic E-state index is -2.06. The first-order valence-electron chi connectivity index (χ1n) is 8.11. The first-order chi connectivity index (χ1) is 9.91. The van der Waals surface area contributed by atoms with Gasteiger partial charge in [-0.05, 0) is 35.1 Å². The van der Waals surface area contributed by atoms with Gasteiger partial charge in [0.15, 0.2) is 0 Å². The van der Waals surface area contributed by atoms with Gasteiger partial charge in [0.1, 0.15) is 0 Å². The van der Waals surface area contributed by atoms with E-state index in [-0.39, 0.29) is 5.41 Å². The largest absolute Gasteiger partial charge is 0.0619 e. The quantitative estimate of drug-likeness (QED) is 0.637. The molecule has 0 amide bonds. The maximum atomic E-state index is 8.17. The zero-order chi connectivity index (χ0) is 14.9. The van der Waals surface area contributed by atoms with Gasteiger partial charge in [-0.1, -0.05) is 62.3 Å². The molecule has 0 heteroatoms. The Morgan fingerprint density at radius 3 is 1.67 bits per heavy atom. The minimum absolute atomic E-state index is 0.0674. The van der Waals surface area contributed by atoms with Crippen molar-refractivity contribution < 1.29 is 4.11 Å². The molecule has 0 bridgehead atoms. The summed E-state index contributed by atoms with van der Waals surface area (Å²) >= 11 is 0. The maximum Gasteiger partial charge on any atom is 0.0243 e. The van der Waals surface area contributed by atoms with Crippen molar-refractivity contribution in [3.05, 3.63) is 70.8 Å². The fraction of sp³-hybridized carbons (Fsp3) is 0.333. The SMILES string of the molecule is [2H]C([2H])([2H])C1(C)c2ccccc2C2(CC2)c2ccccc21. The lowest BCUT2D eigenvalue weighted by atomic mass is 9.64. The maximum absolute atomic E-state index is 8.17. The second kappa shape index (κ2) is 3.06. The fourth-order valence-corrected chi connectivity index (χ4v) is 3.63. The van der Waals surface area contributed by atoms with Crippen molar-refractivity contribution in [3.63, 3.8) is 0 Å². The zero-order valence-electron chi connectivity index (χ0n) is 13.5. The Morgan fingerprint density at radius 1 is 0.833 bits per heavy atom. The van der Waals surface area contributed by atoms with Gasteiger partial charge in [0.05, 0.1) is 0 Å². The van der Waals surface area contributed by atoms with E-state index in [4.69, 9.17) is 4.11 Å². The Balaban J connectivity index is 2.12. The molecule has 0 heterocycles. The van der Waals surface area contributed by atoms with Gasteiger partial charge >= 0.3 is 0 Å². The van der Waals surface area contributed by atoms with Crippen molar-refractivity contribution in [2.24, 2.45) is 0 Å². The van der Waals surface area contributed by atoms with Crippen LogP contribution in [0.15, 0.2) is 48.5 Å². The van der Waals surface area contributed by atoms with Crippen LogP contribution in [0.4, 0.5) is 0 Å². The Hall–Kier alpha value is -1.56. The fourth-order valence-electron chi connectivity index (χ4n) is 3.63. The number of hydrogen-bond acceptors (Lipinski definition) is 0. The zero-order valence-corrected chi connectivity index (χ0v) is 10.5. The smallest absolute Gasteiger partial charge is 0.0243 e. The molecular formula is C18H18. The van der Waals surface area contributed by atoms with Crippen LogP contribution in [0.1, 0.15) is 53.0 Å². The third-order valence-corrected chi connectivity index (χ3v) is 4.71. The Bertz CT molecular complexity index is 674. The molecule has 2 aliphatic rings. The first-order valence-corrected chi connectivity index (χ1v) is 6.61. The lowest BCUT2D eigenvalue weighted by Gasteiger charge is -2.39. The van der Waals surface area contributed by atoms with Gasteiger partial charge < -0.3 is 0 Å². The normalized spacial score (nSPS) is 24.4. The molecule has 0 N–H and O–H groups in total. The van der Waals surface area contributed by atoms with E-state index >= 15 is 0 Å². The average molecular weight is 237 g/mol. The van der Waals surface area contributed by atoms with Gasteiger partial charge in [0.2, 0.25) is 0 Å². The van der Waals surface area contributed by atoms with Gasteiger partial charge in [-0.2, -0.15) is 0 Å². The topological polar surface area (TPSA) is 0 Å². The minimum Gasteiger partial charge on any atom is -0.0619 e. The van der Waals surface area contributed by atoms with Crippen LogP contribution in [-0.4, -0.2) is 0 Å². The van der Waals surface area contributed by atoms with Crippen molar-refractivity contribution >= 4 is 0 Å². The molecule has 1 saturated carbocycles. The van der Waals surface area contributed by atoms with Crippen LogP contribution in [0.3, 0.4) is 0 Å². The van der Waals surface area contributed by atoms with Gasteiger partial charge in [0.25, 0.3) is 0 Å². The summed E-state index contributed by atoms with van der Waals surface area (Å²) in [5.41, 5.74) is 3.57. The van der Waals surface area contributed by atoms with E-state index in [1.54, 1.807) is 0 Å². The van der Waals surface area contributed by atoms with E-state index in [0.717, 1.165) is 24.0 Å². The lowest BCUT2D eigenvalue weighted by molar-refractivity contribution is 0.577. The molecule has 0 nitrogen and oxygen atoms in total. The first kappa shape index (κ1) is 7.78. The highest BCUT2D eigenvalue weighted by Crippen LogP contribution is 2.61. The molecule has 0 unspecified atom stereocenters. The van der Waals surface area contributed by atoms with Crippen molar-refractivity contribution in [1.29, 1.82) is 0 Å². The number of hydrogen-bond donors (Lipinski definition) is 0. The van der Waals surface area contributed by atoms with Crippen LogP contribution in [0, 0.1) is 0 Å². The highest BCUT2D eigenvalue weighted by atomic mass is 14.6. The van der Waals surface area contributed by atoms with Crippen molar-refractivity contribution in [1.82, 2.24) is 0 Å². The highest BCUT2D eigenvalue weighted by molar-refractivity contribution is 5.61. The average Bonchev–Trinajstić information content (AvgIpc) is 3.26. The summed E-state index contributed by atoms with van der Waals surface area (Å²) < 4.78 is 24.5.